The lowest BCUT2D eigenvalue weighted by Crippen LogP contribution is -2.27. The van der Waals surface area contributed by atoms with Gasteiger partial charge in [0.1, 0.15) is 4.60 Å². The predicted octanol–water partition coefficient (Wildman–Crippen LogP) is 1.37. The second-order valence-electron chi connectivity index (χ2n) is 2.72. The number of hydrogen-bond donors (Lipinski definition) is 1. The predicted molar refractivity (Wildman–Crippen MR) is 52.7 cm³/mol. The quantitative estimate of drug-likeness (QED) is 0.756. The minimum atomic E-state index is -0.0517. The molecule has 68 valence electrons. The Morgan fingerprint density at radius 1 is 1.54 bits per heavy atom. The van der Waals surface area contributed by atoms with E-state index in [0.717, 1.165) is 10.3 Å². The van der Waals surface area contributed by atoms with E-state index >= 15 is 0 Å². The number of urea groups is 1. The van der Waals surface area contributed by atoms with Gasteiger partial charge in [0.2, 0.25) is 0 Å². The van der Waals surface area contributed by atoms with Crippen molar-refractivity contribution in [2.24, 2.45) is 0 Å². The van der Waals surface area contributed by atoms with Gasteiger partial charge in [0.25, 0.3) is 0 Å². The van der Waals surface area contributed by atoms with Gasteiger partial charge in [-0.15, -0.1) is 0 Å². The molecule has 0 spiro atoms. The van der Waals surface area contributed by atoms with E-state index in [1.807, 2.05) is 12.1 Å². The van der Waals surface area contributed by atoms with Crippen LogP contribution >= 0.6 is 15.9 Å². The zero-order chi connectivity index (χ0) is 9.26. The van der Waals surface area contributed by atoms with Crippen LogP contribution in [-0.2, 0) is 0 Å². The molecule has 1 fully saturated rings. The van der Waals surface area contributed by atoms with Crippen molar-refractivity contribution in [1.29, 1.82) is 0 Å². The maximum atomic E-state index is 11.2. The first-order chi connectivity index (χ1) is 6.27. The number of aromatic nitrogens is 1. The number of hydrogen-bond acceptors (Lipinski definition) is 2. The smallest absolute Gasteiger partial charge is 0.322 e. The fourth-order valence-electron chi connectivity index (χ4n) is 1.25. The second-order valence-corrected chi connectivity index (χ2v) is 3.54. The van der Waals surface area contributed by atoms with Gasteiger partial charge in [-0.3, -0.25) is 4.90 Å². The molecule has 0 radical (unpaired) electrons. The van der Waals surface area contributed by atoms with Gasteiger partial charge in [0.05, 0.1) is 11.9 Å². The van der Waals surface area contributed by atoms with E-state index in [4.69, 9.17) is 0 Å². The Morgan fingerprint density at radius 2 is 2.38 bits per heavy atom. The molecule has 0 bridgehead atoms. The summed E-state index contributed by atoms with van der Waals surface area (Å²) >= 11 is 3.24. The molecule has 0 aromatic carbocycles. The van der Waals surface area contributed by atoms with Crippen LogP contribution in [0.5, 0.6) is 0 Å². The molecule has 0 saturated carbocycles. The van der Waals surface area contributed by atoms with Crippen molar-refractivity contribution >= 4 is 27.6 Å². The summed E-state index contributed by atoms with van der Waals surface area (Å²) in [4.78, 5) is 17.0. The molecule has 2 rings (SSSR count). The van der Waals surface area contributed by atoms with Crippen LogP contribution in [0.2, 0.25) is 0 Å². The normalized spacial score (nSPS) is 16.1. The van der Waals surface area contributed by atoms with Gasteiger partial charge < -0.3 is 5.32 Å². The van der Waals surface area contributed by atoms with Crippen molar-refractivity contribution in [1.82, 2.24) is 10.3 Å². The van der Waals surface area contributed by atoms with Crippen molar-refractivity contribution in [3.8, 4) is 0 Å². The van der Waals surface area contributed by atoms with Gasteiger partial charge in [0.15, 0.2) is 0 Å². The molecule has 0 atom stereocenters. The molecule has 2 heterocycles. The maximum Gasteiger partial charge on any atom is 0.322 e. The Balaban J connectivity index is 2.25. The number of nitrogens with zero attached hydrogens (tertiary/aromatic N) is 2. The first-order valence-electron chi connectivity index (χ1n) is 3.94. The first kappa shape index (κ1) is 8.50. The number of rotatable bonds is 1. The van der Waals surface area contributed by atoms with Crippen molar-refractivity contribution in [2.45, 2.75) is 0 Å². The summed E-state index contributed by atoms with van der Waals surface area (Å²) in [5.74, 6) is 0. The molecule has 13 heavy (non-hydrogen) atoms. The van der Waals surface area contributed by atoms with Crippen LogP contribution in [0, 0.1) is 0 Å². The molecule has 1 N–H and O–H groups in total. The summed E-state index contributed by atoms with van der Waals surface area (Å²) in [6.45, 7) is 1.41. The third-order valence-corrected chi connectivity index (χ3v) is 2.35. The van der Waals surface area contributed by atoms with E-state index < -0.39 is 0 Å². The summed E-state index contributed by atoms with van der Waals surface area (Å²) in [5.41, 5.74) is 0.832. The highest BCUT2D eigenvalue weighted by Gasteiger charge is 2.20. The average Bonchev–Trinajstić information content (AvgIpc) is 2.53. The molecule has 1 aliphatic heterocycles. The van der Waals surface area contributed by atoms with Gasteiger partial charge in [-0.2, -0.15) is 0 Å². The second kappa shape index (κ2) is 3.33. The Hall–Kier alpha value is -1.10. The molecule has 1 saturated heterocycles. The van der Waals surface area contributed by atoms with Crippen molar-refractivity contribution < 1.29 is 4.79 Å². The van der Waals surface area contributed by atoms with Crippen molar-refractivity contribution in [3.05, 3.63) is 22.9 Å². The fraction of sp³-hybridized carbons (Fsp3) is 0.250. The van der Waals surface area contributed by atoms with Crippen LogP contribution in [0.3, 0.4) is 0 Å². The van der Waals surface area contributed by atoms with E-state index in [9.17, 15) is 4.79 Å². The van der Waals surface area contributed by atoms with Gasteiger partial charge in [-0.05, 0) is 28.1 Å². The summed E-state index contributed by atoms with van der Waals surface area (Å²) in [5, 5.41) is 2.73. The number of halogens is 1. The Kier molecular flexibility index (Phi) is 2.18. The largest absolute Gasteiger partial charge is 0.336 e. The number of anilines is 1. The van der Waals surface area contributed by atoms with Crippen LogP contribution in [-0.4, -0.2) is 24.1 Å². The lowest BCUT2D eigenvalue weighted by molar-refractivity contribution is 0.252. The summed E-state index contributed by atoms with van der Waals surface area (Å²) in [7, 11) is 0. The van der Waals surface area contributed by atoms with Crippen molar-refractivity contribution in [2.75, 3.05) is 18.0 Å². The minimum Gasteiger partial charge on any atom is -0.336 e. The highest BCUT2D eigenvalue weighted by atomic mass is 79.9. The van der Waals surface area contributed by atoms with Gasteiger partial charge in [-0.1, -0.05) is 0 Å². The average molecular weight is 242 g/mol. The fourth-order valence-corrected chi connectivity index (χ4v) is 1.48. The molecule has 4 nitrogen and oxygen atoms in total. The highest BCUT2D eigenvalue weighted by molar-refractivity contribution is 9.10. The molecular formula is C8H8BrN3O. The summed E-state index contributed by atoms with van der Waals surface area (Å²) < 4.78 is 0.774. The number of nitrogens with one attached hydrogen (secondary N) is 1. The van der Waals surface area contributed by atoms with E-state index in [1.54, 1.807) is 11.1 Å². The third kappa shape index (κ3) is 1.65. The van der Waals surface area contributed by atoms with Gasteiger partial charge in [0, 0.05) is 13.1 Å². The minimum absolute atomic E-state index is 0.0517. The monoisotopic (exact) mass is 241 g/mol. The van der Waals surface area contributed by atoms with Crippen LogP contribution in [0.25, 0.3) is 0 Å². The van der Waals surface area contributed by atoms with E-state index in [2.05, 4.69) is 26.2 Å². The van der Waals surface area contributed by atoms with Gasteiger partial charge in [-0.25, -0.2) is 9.78 Å². The third-order valence-electron chi connectivity index (χ3n) is 1.88. The van der Waals surface area contributed by atoms with Crippen LogP contribution in [0.4, 0.5) is 10.5 Å². The van der Waals surface area contributed by atoms with E-state index in [-0.39, 0.29) is 6.03 Å². The lowest BCUT2D eigenvalue weighted by Gasteiger charge is -2.12. The zero-order valence-electron chi connectivity index (χ0n) is 6.83. The van der Waals surface area contributed by atoms with Crippen LogP contribution in [0.1, 0.15) is 0 Å². The molecule has 1 aromatic heterocycles. The Morgan fingerprint density at radius 3 is 2.92 bits per heavy atom. The molecule has 2 amide bonds. The van der Waals surface area contributed by atoms with Crippen LogP contribution < -0.4 is 10.2 Å². The standard InChI is InChI=1S/C8H8BrN3O/c9-7-2-1-6(5-11-7)12-4-3-10-8(12)13/h1-2,5H,3-4H2,(H,10,13). The zero-order valence-corrected chi connectivity index (χ0v) is 8.41. The topological polar surface area (TPSA) is 45.2 Å². The maximum absolute atomic E-state index is 11.2. The Bertz CT molecular complexity index is 325. The SMILES string of the molecule is O=C1NCCN1c1ccc(Br)nc1. The molecule has 1 aliphatic rings. The van der Waals surface area contributed by atoms with Gasteiger partial charge >= 0.3 is 6.03 Å². The summed E-state index contributed by atoms with van der Waals surface area (Å²) in [6, 6.07) is 3.63. The number of pyridine rings is 1. The molecule has 0 unspecified atom stereocenters. The van der Waals surface area contributed by atoms with E-state index in [0.29, 0.717) is 13.1 Å². The summed E-state index contributed by atoms with van der Waals surface area (Å²) in [6.07, 6.45) is 1.68. The molecule has 1 aromatic rings. The number of carbonyl (C=O) groups excluding carboxylic acids is 1. The molecule has 5 heteroatoms. The first-order valence-corrected chi connectivity index (χ1v) is 4.73. The number of amides is 2. The highest BCUT2D eigenvalue weighted by Crippen LogP contribution is 2.16. The molecular weight excluding hydrogens is 234 g/mol. The molecule has 0 aliphatic carbocycles. The van der Waals surface area contributed by atoms with Crippen LogP contribution in [0.15, 0.2) is 22.9 Å². The number of carbonyl (C=O) groups is 1. The lowest BCUT2D eigenvalue weighted by atomic mass is 10.4. The Labute approximate surface area is 84.1 Å². The van der Waals surface area contributed by atoms with E-state index in [1.165, 1.54) is 0 Å². The van der Waals surface area contributed by atoms with Crippen molar-refractivity contribution in [3.63, 3.8) is 0 Å².